The minimum atomic E-state index is -0.108. The predicted octanol–water partition coefficient (Wildman–Crippen LogP) is 5.91. The highest BCUT2D eigenvalue weighted by atomic mass is 79.9. The van der Waals surface area contributed by atoms with E-state index in [4.69, 9.17) is 11.6 Å². The molecule has 16 heavy (non-hydrogen) atoms. The van der Waals surface area contributed by atoms with Gasteiger partial charge in [0, 0.05) is 13.8 Å². The summed E-state index contributed by atoms with van der Waals surface area (Å²) in [5.41, 5.74) is 2.32. The first-order chi connectivity index (χ1) is 7.61. The Morgan fingerprint density at radius 2 is 2.00 bits per heavy atom. The summed E-state index contributed by atoms with van der Waals surface area (Å²) < 4.78 is 2.17. The number of alkyl halides is 1. The van der Waals surface area contributed by atoms with E-state index in [1.54, 1.807) is 11.3 Å². The lowest BCUT2D eigenvalue weighted by Crippen LogP contribution is -1.94. The van der Waals surface area contributed by atoms with Crippen molar-refractivity contribution in [2.45, 2.75) is 12.3 Å². The van der Waals surface area contributed by atoms with E-state index in [1.807, 2.05) is 17.5 Å². The molecule has 84 valence electrons. The summed E-state index contributed by atoms with van der Waals surface area (Å²) in [5.74, 6) is 0. The Labute approximate surface area is 121 Å². The van der Waals surface area contributed by atoms with Crippen molar-refractivity contribution < 1.29 is 0 Å². The fourth-order valence-corrected chi connectivity index (χ4v) is 4.30. The summed E-state index contributed by atoms with van der Waals surface area (Å²) in [6.45, 7) is 2.07. The minimum absolute atomic E-state index is 0.108. The van der Waals surface area contributed by atoms with E-state index in [1.165, 1.54) is 5.56 Å². The fraction of sp³-hybridized carbons (Fsp3) is 0.167. The summed E-state index contributed by atoms with van der Waals surface area (Å²) >= 11 is 15.3. The number of aryl methyl sites for hydroxylation is 1. The van der Waals surface area contributed by atoms with Crippen LogP contribution in [0.3, 0.4) is 0 Å². The zero-order valence-corrected chi connectivity index (χ0v) is 13.3. The molecule has 2 aromatic rings. The third kappa shape index (κ3) is 2.37. The number of hydrogen-bond acceptors (Lipinski definition) is 1. The summed E-state index contributed by atoms with van der Waals surface area (Å²) in [6.07, 6.45) is 0. The average molecular weight is 381 g/mol. The molecule has 0 radical (unpaired) electrons. The van der Waals surface area contributed by atoms with Crippen LogP contribution in [0.25, 0.3) is 0 Å². The zero-order valence-electron chi connectivity index (χ0n) is 8.51. The normalized spacial score (nSPS) is 12.8. The van der Waals surface area contributed by atoms with Crippen LogP contribution in [-0.4, -0.2) is 0 Å². The van der Waals surface area contributed by atoms with E-state index in [0.29, 0.717) is 0 Å². The van der Waals surface area contributed by atoms with Crippen molar-refractivity contribution >= 4 is 54.8 Å². The lowest BCUT2D eigenvalue weighted by atomic mass is 10.1. The van der Waals surface area contributed by atoms with Crippen molar-refractivity contribution in [1.82, 2.24) is 0 Å². The van der Waals surface area contributed by atoms with Gasteiger partial charge < -0.3 is 0 Å². The maximum absolute atomic E-state index is 6.51. The van der Waals surface area contributed by atoms with Crippen molar-refractivity contribution in [3.8, 4) is 0 Å². The highest BCUT2D eigenvalue weighted by molar-refractivity contribution is 9.11. The Balaban J connectivity index is 2.46. The molecule has 1 unspecified atom stereocenters. The van der Waals surface area contributed by atoms with Crippen LogP contribution >= 0.6 is 54.8 Å². The molecule has 0 aliphatic heterocycles. The Hall–Kier alpha value is 0.170. The molecule has 0 fully saturated rings. The van der Waals surface area contributed by atoms with Gasteiger partial charge in [-0.25, -0.2) is 0 Å². The summed E-state index contributed by atoms with van der Waals surface area (Å²) in [4.78, 5) is 1.15. The maximum Gasteiger partial charge on any atom is 0.0950 e. The monoisotopic (exact) mass is 378 g/mol. The molecule has 1 heterocycles. The van der Waals surface area contributed by atoms with Crippen LogP contribution in [0.5, 0.6) is 0 Å². The predicted molar refractivity (Wildman–Crippen MR) is 78.6 cm³/mol. The van der Waals surface area contributed by atoms with Crippen LogP contribution in [0.2, 0.25) is 0 Å². The molecule has 4 heteroatoms. The number of halogens is 3. The van der Waals surface area contributed by atoms with Gasteiger partial charge in [-0.15, -0.1) is 22.9 Å². The first-order valence-corrected chi connectivity index (χ1v) is 7.63. The Kier molecular flexibility index (Phi) is 4.11. The van der Waals surface area contributed by atoms with Crippen molar-refractivity contribution in [2.75, 3.05) is 0 Å². The Morgan fingerprint density at radius 1 is 1.25 bits per heavy atom. The highest BCUT2D eigenvalue weighted by Crippen LogP contribution is 2.40. The Morgan fingerprint density at radius 3 is 2.62 bits per heavy atom. The van der Waals surface area contributed by atoms with E-state index in [-0.39, 0.29) is 5.38 Å². The maximum atomic E-state index is 6.51. The van der Waals surface area contributed by atoms with Gasteiger partial charge in [0.1, 0.15) is 0 Å². The van der Waals surface area contributed by atoms with E-state index in [9.17, 15) is 0 Å². The van der Waals surface area contributed by atoms with Crippen LogP contribution in [0.15, 0.2) is 38.6 Å². The van der Waals surface area contributed by atoms with Gasteiger partial charge >= 0.3 is 0 Å². The molecule has 0 saturated heterocycles. The van der Waals surface area contributed by atoms with Gasteiger partial charge in [0.25, 0.3) is 0 Å². The largest absolute Gasteiger partial charge is 0.146 e. The average Bonchev–Trinajstić information content (AvgIpc) is 2.68. The molecule has 0 aliphatic rings. The highest BCUT2D eigenvalue weighted by Gasteiger charge is 2.18. The van der Waals surface area contributed by atoms with E-state index in [2.05, 4.69) is 50.9 Å². The molecule has 1 atom stereocenters. The molecule has 1 aromatic carbocycles. The van der Waals surface area contributed by atoms with Crippen LogP contribution in [0, 0.1) is 6.92 Å². The van der Waals surface area contributed by atoms with Crippen LogP contribution in [-0.2, 0) is 0 Å². The van der Waals surface area contributed by atoms with Crippen LogP contribution in [0.4, 0.5) is 0 Å². The van der Waals surface area contributed by atoms with Gasteiger partial charge in [-0.05, 0) is 45.4 Å². The quantitative estimate of drug-likeness (QED) is 0.568. The number of benzene rings is 1. The molecule has 0 spiro atoms. The van der Waals surface area contributed by atoms with Gasteiger partial charge in [-0.3, -0.25) is 0 Å². The number of rotatable bonds is 2. The van der Waals surface area contributed by atoms with Crippen molar-refractivity contribution in [3.05, 3.63) is 54.6 Å². The molecule has 0 saturated carbocycles. The lowest BCUT2D eigenvalue weighted by molar-refractivity contribution is 1.15. The topological polar surface area (TPSA) is 0 Å². The Bertz CT molecular complexity index is 507. The summed E-state index contributed by atoms with van der Waals surface area (Å²) in [6, 6.07) is 8.19. The molecule has 0 nitrogen and oxygen atoms in total. The van der Waals surface area contributed by atoms with Gasteiger partial charge in [-0.1, -0.05) is 34.1 Å². The minimum Gasteiger partial charge on any atom is -0.146 e. The van der Waals surface area contributed by atoms with Crippen LogP contribution < -0.4 is 0 Å². The first kappa shape index (κ1) is 12.6. The molecule has 2 rings (SSSR count). The SMILES string of the molecule is Cc1cccc(C(Cl)c2sccc2Br)c1Br. The second kappa shape index (κ2) is 5.21. The second-order valence-corrected chi connectivity index (χ2v) is 6.50. The standard InChI is InChI=1S/C12H9Br2ClS/c1-7-3-2-4-8(10(7)14)11(15)12-9(13)5-6-16-12/h2-6,11H,1H3. The zero-order chi connectivity index (χ0) is 11.7. The second-order valence-electron chi connectivity index (χ2n) is 3.47. The summed E-state index contributed by atoms with van der Waals surface area (Å²) in [5, 5.41) is 1.93. The third-order valence-corrected chi connectivity index (χ3v) is 5.97. The molecule has 1 aromatic heterocycles. The molecular weight excluding hydrogens is 371 g/mol. The lowest BCUT2D eigenvalue weighted by Gasteiger charge is -2.12. The van der Waals surface area contributed by atoms with E-state index < -0.39 is 0 Å². The summed E-state index contributed by atoms with van der Waals surface area (Å²) in [7, 11) is 0. The van der Waals surface area contributed by atoms with Crippen molar-refractivity contribution in [2.24, 2.45) is 0 Å². The van der Waals surface area contributed by atoms with Gasteiger partial charge in [-0.2, -0.15) is 0 Å². The molecule has 0 aliphatic carbocycles. The smallest absolute Gasteiger partial charge is 0.0950 e. The van der Waals surface area contributed by atoms with Gasteiger partial charge in [0.15, 0.2) is 0 Å². The van der Waals surface area contributed by atoms with Crippen molar-refractivity contribution in [1.29, 1.82) is 0 Å². The first-order valence-electron chi connectivity index (χ1n) is 4.73. The third-order valence-electron chi connectivity index (χ3n) is 2.37. The van der Waals surface area contributed by atoms with E-state index in [0.717, 1.165) is 19.4 Å². The van der Waals surface area contributed by atoms with Crippen molar-refractivity contribution in [3.63, 3.8) is 0 Å². The molecular formula is C12H9Br2ClS. The molecule has 0 amide bonds. The molecule has 0 N–H and O–H groups in total. The van der Waals surface area contributed by atoms with E-state index >= 15 is 0 Å². The number of hydrogen-bond donors (Lipinski definition) is 0. The van der Waals surface area contributed by atoms with Crippen LogP contribution in [0.1, 0.15) is 21.4 Å². The fourth-order valence-electron chi connectivity index (χ4n) is 1.49. The van der Waals surface area contributed by atoms with Gasteiger partial charge in [0.05, 0.1) is 5.38 Å². The number of thiophene rings is 1. The molecule has 0 bridgehead atoms. The van der Waals surface area contributed by atoms with Gasteiger partial charge in [0.2, 0.25) is 0 Å².